The van der Waals surface area contributed by atoms with Crippen LogP contribution in [0.2, 0.25) is 0 Å². The minimum atomic E-state index is -3.15. The molecule has 1 heterocycles. The van der Waals surface area contributed by atoms with E-state index >= 15 is 0 Å². The lowest BCUT2D eigenvalue weighted by molar-refractivity contribution is -0.431. The summed E-state index contributed by atoms with van der Waals surface area (Å²) in [6.07, 6.45) is -0.567. The van der Waals surface area contributed by atoms with Crippen LogP contribution in [0.5, 0.6) is 5.75 Å². The summed E-state index contributed by atoms with van der Waals surface area (Å²) in [6, 6.07) is 14.7. The van der Waals surface area contributed by atoms with Crippen molar-refractivity contribution in [1.29, 1.82) is 0 Å². The molecular formula is C24H24F2N2O6. The first kappa shape index (κ1) is 24.8. The number of rotatable bonds is 9. The number of benzene rings is 2. The molecule has 0 aromatic heterocycles. The molecule has 0 aliphatic carbocycles. The number of nitrogens with zero attached hydrogens (tertiary/aromatic N) is 1. The standard InChI is InChI=1S/C24H24F2N2O6/c1-14-20(23(29)33-13-19(32-3)16-9-5-4-6-10-16)21(22(28(30)31)15(2)27-14)17-11-7-8-12-18(17)34-24(25)26/h4-12,19,21,24,27H,13H2,1-3H3. The summed E-state index contributed by atoms with van der Waals surface area (Å²) in [5.74, 6) is -2.41. The molecular weight excluding hydrogens is 450 g/mol. The van der Waals surface area contributed by atoms with Gasteiger partial charge in [0.05, 0.1) is 16.2 Å². The fraction of sp³-hybridized carbons (Fsp3) is 0.292. The highest BCUT2D eigenvalue weighted by Gasteiger charge is 2.42. The van der Waals surface area contributed by atoms with Gasteiger partial charge in [0.2, 0.25) is 0 Å². The van der Waals surface area contributed by atoms with E-state index in [4.69, 9.17) is 9.47 Å². The number of carbonyl (C=O) groups is 1. The average molecular weight is 474 g/mol. The Bertz CT molecular complexity index is 1120. The zero-order valence-corrected chi connectivity index (χ0v) is 18.8. The number of hydrogen-bond donors (Lipinski definition) is 1. The highest BCUT2D eigenvalue weighted by molar-refractivity contribution is 5.92. The maximum Gasteiger partial charge on any atom is 0.387 e. The Balaban J connectivity index is 2.00. The van der Waals surface area contributed by atoms with E-state index in [9.17, 15) is 23.7 Å². The van der Waals surface area contributed by atoms with Gasteiger partial charge in [-0.05, 0) is 25.5 Å². The molecule has 1 N–H and O–H groups in total. The van der Waals surface area contributed by atoms with E-state index in [0.29, 0.717) is 5.70 Å². The molecule has 0 spiro atoms. The van der Waals surface area contributed by atoms with E-state index in [1.165, 1.54) is 38.3 Å². The molecule has 2 atom stereocenters. The molecule has 1 aliphatic rings. The quantitative estimate of drug-likeness (QED) is 0.320. The minimum Gasteiger partial charge on any atom is -0.459 e. The zero-order valence-electron chi connectivity index (χ0n) is 18.8. The van der Waals surface area contributed by atoms with Crippen LogP contribution in [-0.2, 0) is 14.3 Å². The molecule has 10 heteroatoms. The molecule has 2 aromatic carbocycles. The van der Waals surface area contributed by atoms with Crippen LogP contribution in [0.3, 0.4) is 0 Å². The fourth-order valence-corrected chi connectivity index (χ4v) is 3.92. The number of nitro groups is 1. The van der Waals surface area contributed by atoms with E-state index in [0.717, 1.165) is 5.56 Å². The van der Waals surface area contributed by atoms with Crippen LogP contribution in [0.1, 0.15) is 37.0 Å². The van der Waals surface area contributed by atoms with Crippen molar-refractivity contribution in [3.8, 4) is 5.75 Å². The van der Waals surface area contributed by atoms with E-state index in [-0.39, 0.29) is 34.9 Å². The highest BCUT2D eigenvalue weighted by Crippen LogP contribution is 2.42. The van der Waals surface area contributed by atoms with E-state index in [2.05, 4.69) is 10.1 Å². The molecule has 0 saturated carbocycles. The number of methoxy groups -OCH3 is 1. The Morgan fingerprint density at radius 1 is 1.09 bits per heavy atom. The molecule has 0 saturated heterocycles. The number of esters is 1. The highest BCUT2D eigenvalue weighted by atomic mass is 19.3. The van der Waals surface area contributed by atoms with Crippen LogP contribution in [0.15, 0.2) is 77.3 Å². The third kappa shape index (κ3) is 5.40. The number of halogens is 2. The summed E-state index contributed by atoms with van der Waals surface area (Å²) in [6.45, 7) is -0.273. The maximum absolute atomic E-state index is 13.2. The van der Waals surface area contributed by atoms with Crippen molar-refractivity contribution in [2.75, 3.05) is 13.7 Å². The third-order valence-corrected chi connectivity index (χ3v) is 5.41. The van der Waals surface area contributed by atoms with Gasteiger partial charge < -0.3 is 19.5 Å². The number of ether oxygens (including phenoxy) is 3. The number of para-hydroxylation sites is 1. The first-order valence-electron chi connectivity index (χ1n) is 10.4. The van der Waals surface area contributed by atoms with Crippen LogP contribution < -0.4 is 10.1 Å². The van der Waals surface area contributed by atoms with Crippen LogP contribution in [0.25, 0.3) is 0 Å². The summed E-state index contributed by atoms with van der Waals surface area (Å²) in [5, 5.41) is 14.8. The summed E-state index contributed by atoms with van der Waals surface area (Å²) >= 11 is 0. The van der Waals surface area contributed by atoms with Crippen molar-refractivity contribution in [1.82, 2.24) is 5.32 Å². The second kappa shape index (κ2) is 10.9. The molecule has 1 aliphatic heterocycles. The number of allylic oxidation sites excluding steroid dienone is 3. The summed E-state index contributed by atoms with van der Waals surface area (Å²) in [4.78, 5) is 24.6. The number of alkyl halides is 2. The SMILES string of the molecule is COC(COC(=O)C1=C(C)NC(C)=C([N+](=O)[O-])C1c1ccccc1OC(F)F)c1ccccc1. The third-order valence-electron chi connectivity index (χ3n) is 5.41. The van der Waals surface area contributed by atoms with Crippen molar-refractivity contribution in [2.24, 2.45) is 0 Å². The van der Waals surface area contributed by atoms with Crippen molar-refractivity contribution >= 4 is 5.97 Å². The Labute approximate surface area is 195 Å². The molecule has 3 rings (SSSR count). The van der Waals surface area contributed by atoms with Gasteiger partial charge >= 0.3 is 12.6 Å². The minimum absolute atomic E-state index is 0.0491. The van der Waals surface area contributed by atoms with Gasteiger partial charge in [0.1, 0.15) is 24.4 Å². The van der Waals surface area contributed by atoms with Crippen LogP contribution in [0, 0.1) is 10.1 Å². The molecule has 0 bridgehead atoms. The summed E-state index contributed by atoms with van der Waals surface area (Å²) in [5.41, 5.74) is 0.862. The lowest BCUT2D eigenvalue weighted by Gasteiger charge is -2.28. The van der Waals surface area contributed by atoms with Gasteiger partial charge in [-0.15, -0.1) is 0 Å². The van der Waals surface area contributed by atoms with Gasteiger partial charge in [0.15, 0.2) is 0 Å². The first-order valence-corrected chi connectivity index (χ1v) is 10.4. The van der Waals surface area contributed by atoms with Crippen molar-refractivity contribution < 1.29 is 32.7 Å². The van der Waals surface area contributed by atoms with Gasteiger partial charge in [0.25, 0.3) is 5.70 Å². The van der Waals surface area contributed by atoms with Crippen molar-refractivity contribution in [2.45, 2.75) is 32.5 Å². The van der Waals surface area contributed by atoms with Gasteiger partial charge in [0, 0.05) is 18.4 Å². The number of dihydropyridines is 1. The Hall–Kier alpha value is -3.79. The Kier molecular flexibility index (Phi) is 7.95. The Morgan fingerprint density at radius 3 is 2.35 bits per heavy atom. The van der Waals surface area contributed by atoms with E-state index in [1.807, 2.05) is 30.3 Å². The largest absolute Gasteiger partial charge is 0.459 e. The molecule has 2 unspecified atom stereocenters. The lowest BCUT2D eigenvalue weighted by atomic mass is 9.83. The van der Waals surface area contributed by atoms with E-state index in [1.54, 1.807) is 6.92 Å². The van der Waals surface area contributed by atoms with Gasteiger partial charge in [-0.25, -0.2) is 4.79 Å². The number of nitrogens with one attached hydrogen (secondary N) is 1. The van der Waals surface area contributed by atoms with E-state index < -0.39 is 29.5 Å². The summed E-state index contributed by atoms with van der Waals surface area (Å²) < 4.78 is 41.6. The second-order valence-electron chi connectivity index (χ2n) is 7.51. The molecule has 0 radical (unpaired) electrons. The molecule has 0 fully saturated rings. The topological polar surface area (TPSA) is 99.9 Å². The van der Waals surface area contributed by atoms with Crippen molar-refractivity contribution in [3.63, 3.8) is 0 Å². The molecule has 0 amide bonds. The summed E-state index contributed by atoms with van der Waals surface area (Å²) in [7, 11) is 1.47. The van der Waals surface area contributed by atoms with Gasteiger partial charge in [-0.2, -0.15) is 8.78 Å². The normalized spacial score (nSPS) is 16.8. The van der Waals surface area contributed by atoms with Gasteiger partial charge in [-0.1, -0.05) is 48.5 Å². The van der Waals surface area contributed by atoms with Gasteiger partial charge in [-0.3, -0.25) is 10.1 Å². The molecule has 180 valence electrons. The van der Waals surface area contributed by atoms with Crippen LogP contribution >= 0.6 is 0 Å². The average Bonchev–Trinajstić information content (AvgIpc) is 2.79. The fourth-order valence-electron chi connectivity index (χ4n) is 3.92. The predicted octanol–water partition coefficient (Wildman–Crippen LogP) is 4.69. The first-order chi connectivity index (χ1) is 16.2. The molecule has 2 aromatic rings. The Morgan fingerprint density at radius 2 is 1.74 bits per heavy atom. The van der Waals surface area contributed by atoms with Crippen LogP contribution in [-0.4, -0.2) is 31.2 Å². The number of hydrogen-bond acceptors (Lipinski definition) is 7. The number of carbonyl (C=O) groups excluding carboxylic acids is 1. The molecule has 8 nitrogen and oxygen atoms in total. The molecule has 34 heavy (non-hydrogen) atoms. The van der Waals surface area contributed by atoms with Crippen LogP contribution in [0.4, 0.5) is 8.78 Å². The lowest BCUT2D eigenvalue weighted by Crippen LogP contribution is -2.32. The smallest absolute Gasteiger partial charge is 0.387 e. The predicted molar refractivity (Wildman–Crippen MR) is 118 cm³/mol. The maximum atomic E-state index is 13.2. The second-order valence-corrected chi connectivity index (χ2v) is 7.51. The zero-order chi connectivity index (χ0) is 24.8. The van der Waals surface area contributed by atoms with Crippen molar-refractivity contribution in [3.05, 3.63) is 98.5 Å². The monoisotopic (exact) mass is 474 g/mol.